The Morgan fingerprint density at radius 1 is 1.29 bits per heavy atom. The molecule has 0 heterocycles. The predicted molar refractivity (Wildman–Crippen MR) is 51.0 cm³/mol. The highest BCUT2D eigenvalue weighted by molar-refractivity contribution is 5.26. The average molecular weight is 200 g/mol. The Bertz CT molecular complexity index is 323. The van der Waals surface area contributed by atoms with E-state index >= 15 is 0 Å². The molecule has 0 saturated heterocycles. The summed E-state index contributed by atoms with van der Waals surface area (Å²) in [7, 11) is 0. The molecule has 0 spiro atoms. The third kappa shape index (κ3) is 2.10. The quantitative estimate of drug-likeness (QED) is 0.794. The van der Waals surface area contributed by atoms with Crippen LogP contribution in [0.15, 0.2) is 12.1 Å². The van der Waals surface area contributed by atoms with Crippen molar-refractivity contribution in [2.24, 2.45) is 0 Å². The second kappa shape index (κ2) is 4.51. The molecule has 1 nitrogen and oxygen atoms in total. The number of aliphatic hydroxyl groups is 1. The van der Waals surface area contributed by atoms with E-state index < -0.39 is 17.7 Å². The van der Waals surface area contributed by atoms with Gasteiger partial charge in [0.1, 0.15) is 0 Å². The number of rotatable bonds is 3. The van der Waals surface area contributed by atoms with Crippen LogP contribution >= 0.6 is 0 Å². The second-order valence-corrected chi connectivity index (χ2v) is 3.40. The van der Waals surface area contributed by atoms with Crippen molar-refractivity contribution in [1.29, 1.82) is 0 Å². The zero-order valence-electron chi connectivity index (χ0n) is 8.35. The second-order valence-electron chi connectivity index (χ2n) is 3.40. The molecule has 1 rings (SSSR count). The van der Waals surface area contributed by atoms with E-state index in [-0.39, 0.29) is 11.1 Å². The van der Waals surface area contributed by atoms with Crippen molar-refractivity contribution in [2.75, 3.05) is 0 Å². The third-order valence-corrected chi connectivity index (χ3v) is 2.23. The Labute approximate surface area is 82.4 Å². The van der Waals surface area contributed by atoms with Gasteiger partial charge in [0.15, 0.2) is 11.6 Å². The van der Waals surface area contributed by atoms with Gasteiger partial charge < -0.3 is 5.11 Å². The lowest BCUT2D eigenvalue weighted by Gasteiger charge is -2.11. The van der Waals surface area contributed by atoms with Crippen molar-refractivity contribution in [3.05, 3.63) is 34.9 Å². The molecule has 0 amide bonds. The first-order chi connectivity index (χ1) is 6.57. The van der Waals surface area contributed by atoms with E-state index in [9.17, 15) is 13.9 Å². The molecule has 0 aromatic heterocycles. The minimum Gasteiger partial charge on any atom is -0.388 e. The van der Waals surface area contributed by atoms with Crippen LogP contribution in [0, 0.1) is 18.6 Å². The van der Waals surface area contributed by atoms with Crippen molar-refractivity contribution in [3.8, 4) is 0 Å². The van der Waals surface area contributed by atoms with Crippen LogP contribution in [0.1, 0.15) is 37.0 Å². The van der Waals surface area contributed by atoms with Crippen molar-refractivity contribution in [3.63, 3.8) is 0 Å². The van der Waals surface area contributed by atoms with Gasteiger partial charge in [0.25, 0.3) is 0 Å². The number of hydrogen-bond acceptors (Lipinski definition) is 1. The summed E-state index contributed by atoms with van der Waals surface area (Å²) in [6.07, 6.45) is 0.269. The Hall–Kier alpha value is -0.960. The van der Waals surface area contributed by atoms with Gasteiger partial charge in [-0.2, -0.15) is 0 Å². The topological polar surface area (TPSA) is 20.2 Å². The molecular formula is C11H14F2O. The molecule has 78 valence electrons. The first-order valence-electron chi connectivity index (χ1n) is 4.70. The van der Waals surface area contributed by atoms with Crippen LogP contribution in [-0.4, -0.2) is 5.11 Å². The summed E-state index contributed by atoms with van der Waals surface area (Å²) < 4.78 is 26.4. The summed E-state index contributed by atoms with van der Waals surface area (Å²) in [5.74, 6) is -1.79. The van der Waals surface area contributed by atoms with Crippen molar-refractivity contribution in [2.45, 2.75) is 32.8 Å². The van der Waals surface area contributed by atoms with E-state index in [1.807, 2.05) is 6.92 Å². The summed E-state index contributed by atoms with van der Waals surface area (Å²) in [5, 5.41) is 9.51. The SMILES string of the molecule is CCCC(O)c1ccc(C)c(F)c1F. The van der Waals surface area contributed by atoms with E-state index in [2.05, 4.69) is 0 Å². The number of aliphatic hydroxyl groups excluding tert-OH is 1. The molecule has 0 aliphatic rings. The predicted octanol–water partition coefficient (Wildman–Crippen LogP) is 3.11. The molecule has 1 aromatic rings. The highest BCUT2D eigenvalue weighted by Crippen LogP contribution is 2.24. The number of aryl methyl sites for hydroxylation is 1. The van der Waals surface area contributed by atoms with Crippen LogP contribution in [0.25, 0.3) is 0 Å². The molecule has 14 heavy (non-hydrogen) atoms. The van der Waals surface area contributed by atoms with E-state index in [1.54, 1.807) is 0 Å². The summed E-state index contributed by atoms with van der Waals surface area (Å²) in [6, 6.07) is 2.92. The first kappa shape index (κ1) is 11.1. The lowest BCUT2D eigenvalue weighted by atomic mass is 10.0. The summed E-state index contributed by atoms with van der Waals surface area (Å²) in [5.41, 5.74) is 0.310. The normalized spacial score (nSPS) is 12.9. The van der Waals surface area contributed by atoms with Gasteiger partial charge in [-0.05, 0) is 18.9 Å². The summed E-state index contributed by atoms with van der Waals surface area (Å²) >= 11 is 0. The first-order valence-corrected chi connectivity index (χ1v) is 4.70. The Balaban J connectivity index is 3.04. The van der Waals surface area contributed by atoms with Crippen molar-refractivity contribution < 1.29 is 13.9 Å². The van der Waals surface area contributed by atoms with Crippen LogP contribution < -0.4 is 0 Å². The molecule has 1 N–H and O–H groups in total. The minimum atomic E-state index is -0.925. The van der Waals surface area contributed by atoms with E-state index in [4.69, 9.17) is 0 Å². The van der Waals surface area contributed by atoms with Crippen LogP contribution in [0.3, 0.4) is 0 Å². The average Bonchev–Trinajstić information content (AvgIpc) is 2.15. The summed E-state index contributed by atoms with van der Waals surface area (Å²) in [4.78, 5) is 0. The van der Waals surface area contributed by atoms with Gasteiger partial charge in [-0.25, -0.2) is 8.78 Å². The fraction of sp³-hybridized carbons (Fsp3) is 0.455. The highest BCUT2D eigenvalue weighted by atomic mass is 19.2. The Morgan fingerprint density at radius 2 is 1.93 bits per heavy atom. The maximum absolute atomic E-state index is 13.3. The van der Waals surface area contributed by atoms with Gasteiger partial charge in [-0.1, -0.05) is 25.5 Å². The largest absolute Gasteiger partial charge is 0.388 e. The Morgan fingerprint density at radius 3 is 2.50 bits per heavy atom. The smallest absolute Gasteiger partial charge is 0.164 e. The zero-order valence-corrected chi connectivity index (χ0v) is 8.35. The number of hydrogen-bond donors (Lipinski definition) is 1. The van der Waals surface area contributed by atoms with E-state index in [0.717, 1.165) is 6.42 Å². The fourth-order valence-corrected chi connectivity index (χ4v) is 1.35. The van der Waals surface area contributed by atoms with Crippen LogP contribution in [0.2, 0.25) is 0 Å². The molecule has 1 unspecified atom stereocenters. The van der Waals surface area contributed by atoms with E-state index in [1.165, 1.54) is 19.1 Å². The minimum absolute atomic E-state index is 0.0509. The van der Waals surface area contributed by atoms with Gasteiger partial charge in [0.05, 0.1) is 6.10 Å². The Kier molecular flexibility index (Phi) is 3.58. The van der Waals surface area contributed by atoms with Crippen LogP contribution in [-0.2, 0) is 0 Å². The van der Waals surface area contributed by atoms with Crippen LogP contribution in [0.4, 0.5) is 8.78 Å². The number of benzene rings is 1. The molecule has 0 radical (unpaired) electrons. The molecule has 1 aromatic carbocycles. The standard InChI is InChI=1S/C11H14F2O/c1-3-4-9(14)8-6-5-7(2)10(12)11(8)13/h5-6,9,14H,3-4H2,1-2H3. The molecule has 0 fully saturated rings. The third-order valence-electron chi connectivity index (χ3n) is 2.23. The molecule has 0 bridgehead atoms. The maximum Gasteiger partial charge on any atom is 0.164 e. The number of halogens is 2. The molecule has 3 heteroatoms. The van der Waals surface area contributed by atoms with Crippen LogP contribution in [0.5, 0.6) is 0 Å². The molecule has 0 aliphatic heterocycles. The van der Waals surface area contributed by atoms with Gasteiger partial charge in [0, 0.05) is 5.56 Å². The molecular weight excluding hydrogens is 186 g/mol. The van der Waals surface area contributed by atoms with Crippen molar-refractivity contribution in [1.82, 2.24) is 0 Å². The van der Waals surface area contributed by atoms with Gasteiger partial charge >= 0.3 is 0 Å². The van der Waals surface area contributed by atoms with Gasteiger partial charge in [-0.3, -0.25) is 0 Å². The fourth-order valence-electron chi connectivity index (χ4n) is 1.35. The highest BCUT2D eigenvalue weighted by Gasteiger charge is 2.16. The summed E-state index contributed by atoms with van der Waals surface area (Å²) in [6.45, 7) is 3.38. The zero-order chi connectivity index (χ0) is 10.7. The lowest BCUT2D eigenvalue weighted by Crippen LogP contribution is -2.03. The van der Waals surface area contributed by atoms with Gasteiger partial charge in [-0.15, -0.1) is 0 Å². The lowest BCUT2D eigenvalue weighted by molar-refractivity contribution is 0.160. The molecule has 0 aliphatic carbocycles. The monoisotopic (exact) mass is 200 g/mol. The molecule has 0 saturated carbocycles. The van der Waals surface area contributed by atoms with E-state index in [0.29, 0.717) is 6.42 Å². The van der Waals surface area contributed by atoms with Crippen molar-refractivity contribution >= 4 is 0 Å². The molecule has 1 atom stereocenters. The maximum atomic E-state index is 13.3. The van der Waals surface area contributed by atoms with Gasteiger partial charge in [0.2, 0.25) is 0 Å².